The largest absolute Gasteiger partial charge is 0.326 e. The van der Waals surface area contributed by atoms with Crippen LogP contribution in [-0.2, 0) is 17.8 Å². The van der Waals surface area contributed by atoms with Crippen LogP contribution in [0.5, 0.6) is 0 Å². The summed E-state index contributed by atoms with van der Waals surface area (Å²) < 4.78 is 3.36. The number of carbonyl (C=O) groups is 1. The first-order valence-corrected chi connectivity index (χ1v) is 8.48. The normalized spacial score (nSPS) is 11.1. The highest BCUT2D eigenvalue weighted by Crippen LogP contribution is 2.15. The van der Waals surface area contributed by atoms with Gasteiger partial charge in [0, 0.05) is 24.0 Å². The van der Waals surface area contributed by atoms with Crippen LogP contribution in [-0.4, -0.2) is 30.5 Å². The van der Waals surface area contributed by atoms with E-state index in [1.165, 1.54) is 10.7 Å². The summed E-state index contributed by atoms with van der Waals surface area (Å²) in [6.07, 6.45) is 1.73. The molecular weight excluding hydrogens is 332 g/mol. The molecule has 0 aliphatic carbocycles. The van der Waals surface area contributed by atoms with Crippen molar-refractivity contribution in [2.24, 2.45) is 5.92 Å². The highest BCUT2D eigenvalue weighted by molar-refractivity contribution is 5.92. The van der Waals surface area contributed by atoms with Crippen LogP contribution in [0.1, 0.15) is 25.4 Å². The van der Waals surface area contributed by atoms with Crippen molar-refractivity contribution in [3.63, 3.8) is 0 Å². The lowest BCUT2D eigenvalue weighted by molar-refractivity contribution is -0.115. The van der Waals surface area contributed by atoms with E-state index in [-0.39, 0.29) is 17.9 Å². The lowest BCUT2D eigenvalue weighted by atomic mass is 10.2. The van der Waals surface area contributed by atoms with Gasteiger partial charge in [0.25, 0.3) is 5.56 Å². The Morgan fingerprint density at radius 1 is 1.31 bits per heavy atom. The third-order valence-electron chi connectivity index (χ3n) is 3.87. The number of H-pyrrole nitrogens is 1. The maximum atomic E-state index is 12.3. The molecule has 0 radical (unpaired) electrons. The second kappa shape index (κ2) is 7.38. The molecule has 0 aliphatic heterocycles. The van der Waals surface area contributed by atoms with Crippen molar-refractivity contribution in [2.45, 2.75) is 33.7 Å². The average Bonchev–Trinajstić information content (AvgIpc) is 3.13. The van der Waals surface area contributed by atoms with E-state index in [1.807, 2.05) is 49.6 Å². The lowest BCUT2D eigenvalue weighted by Gasteiger charge is -2.08. The third-order valence-corrected chi connectivity index (χ3v) is 3.87. The van der Waals surface area contributed by atoms with E-state index in [1.54, 1.807) is 6.33 Å². The summed E-state index contributed by atoms with van der Waals surface area (Å²) in [6, 6.07) is 8.90. The number of benzene rings is 1. The highest BCUT2D eigenvalue weighted by atomic mass is 16.2. The zero-order valence-corrected chi connectivity index (χ0v) is 15.1. The van der Waals surface area contributed by atoms with E-state index >= 15 is 0 Å². The predicted molar refractivity (Wildman–Crippen MR) is 98.3 cm³/mol. The Labute approximate surface area is 150 Å². The van der Waals surface area contributed by atoms with Crippen molar-refractivity contribution in [1.82, 2.24) is 24.5 Å². The van der Waals surface area contributed by atoms with Gasteiger partial charge in [0.2, 0.25) is 5.91 Å². The molecule has 1 amide bonds. The van der Waals surface area contributed by atoms with Crippen LogP contribution in [0.3, 0.4) is 0 Å². The molecule has 2 N–H and O–H groups in total. The molecule has 0 saturated heterocycles. The molecule has 0 unspecified atom stereocenters. The molecule has 0 fully saturated rings. The molecule has 26 heavy (non-hydrogen) atoms. The topological polar surface area (TPSA) is 97.6 Å². The minimum Gasteiger partial charge on any atom is -0.326 e. The number of hydrogen-bond donors (Lipinski definition) is 2. The Morgan fingerprint density at radius 2 is 2.12 bits per heavy atom. The van der Waals surface area contributed by atoms with Gasteiger partial charge in [0.15, 0.2) is 0 Å². The van der Waals surface area contributed by atoms with Crippen molar-refractivity contribution in [3.05, 3.63) is 58.5 Å². The molecule has 0 bridgehead atoms. The number of anilines is 1. The summed E-state index contributed by atoms with van der Waals surface area (Å²) in [4.78, 5) is 24.2. The molecule has 0 saturated carbocycles. The van der Waals surface area contributed by atoms with Crippen molar-refractivity contribution >= 4 is 11.6 Å². The fourth-order valence-electron chi connectivity index (χ4n) is 2.74. The van der Waals surface area contributed by atoms with Crippen LogP contribution in [0.2, 0.25) is 0 Å². The van der Waals surface area contributed by atoms with Gasteiger partial charge in [0.1, 0.15) is 12.2 Å². The summed E-state index contributed by atoms with van der Waals surface area (Å²) in [5.74, 6) is 0.912. The molecule has 0 atom stereocenters. The van der Waals surface area contributed by atoms with Gasteiger partial charge in [-0.15, -0.1) is 10.2 Å². The monoisotopic (exact) mass is 354 g/mol. The van der Waals surface area contributed by atoms with Gasteiger partial charge in [-0.25, -0.2) is 0 Å². The second-order valence-electron chi connectivity index (χ2n) is 6.65. The number of nitrogens with zero attached hydrogens (tertiary/aromatic N) is 4. The number of rotatable bonds is 6. The quantitative estimate of drug-likeness (QED) is 0.706. The number of carbonyl (C=O) groups excluding carboxylic acids is 1. The molecule has 3 aromatic rings. The smallest absolute Gasteiger partial charge is 0.266 e. The molecule has 1 aromatic carbocycles. The average molecular weight is 354 g/mol. The molecular formula is C18H22N6O2. The fraction of sp³-hybridized carbons (Fsp3) is 0.333. The summed E-state index contributed by atoms with van der Waals surface area (Å²) in [6.45, 7) is 6.52. The molecule has 0 spiro atoms. The Hall–Kier alpha value is -3.16. The number of aryl methyl sites for hydroxylation is 1. The number of amides is 1. The second-order valence-corrected chi connectivity index (χ2v) is 6.65. The van der Waals surface area contributed by atoms with Gasteiger partial charge in [-0.2, -0.15) is 0 Å². The van der Waals surface area contributed by atoms with E-state index in [0.29, 0.717) is 23.8 Å². The maximum Gasteiger partial charge on any atom is 0.266 e. The standard InChI is InChI=1S/C18H22N6O2/c1-12(2)10-24-18(26)9-15(22-24)8-17(25)20-14-5-4-6-16(7-14)23-11-19-21-13(23)3/h4-7,9,11-12,22H,8,10H2,1-3H3,(H,20,25). The van der Waals surface area contributed by atoms with Gasteiger partial charge in [-0.3, -0.25) is 23.9 Å². The van der Waals surface area contributed by atoms with Gasteiger partial charge in [-0.05, 0) is 31.0 Å². The molecule has 8 heteroatoms. The van der Waals surface area contributed by atoms with Crippen LogP contribution in [0.15, 0.2) is 41.5 Å². The molecule has 136 valence electrons. The van der Waals surface area contributed by atoms with Crippen LogP contribution < -0.4 is 10.9 Å². The fourth-order valence-corrected chi connectivity index (χ4v) is 2.74. The predicted octanol–water partition coefficient (Wildman–Crippen LogP) is 1.90. The van der Waals surface area contributed by atoms with Crippen LogP contribution >= 0.6 is 0 Å². The summed E-state index contributed by atoms with van der Waals surface area (Å²) in [5.41, 5.74) is 2.01. The Morgan fingerprint density at radius 3 is 2.81 bits per heavy atom. The van der Waals surface area contributed by atoms with Crippen LogP contribution in [0.25, 0.3) is 5.69 Å². The first-order valence-electron chi connectivity index (χ1n) is 8.48. The van der Waals surface area contributed by atoms with E-state index in [9.17, 15) is 9.59 Å². The third kappa shape index (κ3) is 4.08. The molecule has 0 aliphatic rings. The van der Waals surface area contributed by atoms with E-state index in [4.69, 9.17) is 0 Å². The minimum atomic E-state index is -0.194. The van der Waals surface area contributed by atoms with Gasteiger partial charge >= 0.3 is 0 Å². The molecule has 3 rings (SSSR count). The summed E-state index contributed by atoms with van der Waals surface area (Å²) in [5, 5.41) is 13.7. The van der Waals surface area contributed by atoms with Gasteiger partial charge in [0.05, 0.1) is 12.1 Å². The Kier molecular flexibility index (Phi) is 5.01. The molecule has 8 nitrogen and oxygen atoms in total. The Bertz CT molecular complexity index is 966. The van der Waals surface area contributed by atoms with Crippen molar-refractivity contribution in [2.75, 3.05) is 5.32 Å². The van der Waals surface area contributed by atoms with Crippen molar-refractivity contribution < 1.29 is 4.79 Å². The summed E-state index contributed by atoms with van der Waals surface area (Å²) >= 11 is 0. The Balaban J connectivity index is 1.69. The number of nitrogens with one attached hydrogen (secondary N) is 2. The zero-order chi connectivity index (χ0) is 18.7. The number of aromatic nitrogens is 5. The van der Waals surface area contributed by atoms with Crippen LogP contribution in [0.4, 0.5) is 5.69 Å². The van der Waals surface area contributed by atoms with E-state index in [0.717, 1.165) is 11.5 Å². The van der Waals surface area contributed by atoms with Crippen LogP contribution in [0, 0.1) is 12.8 Å². The lowest BCUT2D eigenvalue weighted by Crippen LogP contribution is -2.19. The van der Waals surface area contributed by atoms with E-state index < -0.39 is 0 Å². The molecule has 2 heterocycles. The SMILES string of the molecule is Cc1nncn1-c1cccc(NC(=O)Cc2cc(=O)n(CC(C)C)[nH]2)c1. The first-order chi connectivity index (χ1) is 12.4. The first kappa shape index (κ1) is 17.7. The van der Waals surface area contributed by atoms with Crippen molar-refractivity contribution in [1.29, 1.82) is 0 Å². The maximum absolute atomic E-state index is 12.3. The zero-order valence-electron chi connectivity index (χ0n) is 15.1. The highest BCUT2D eigenvalue weighted by Gasteiger charge is 2.10. The number of hydrogen-bond acceptors (Lipinski definition) is 4. The minimum absolute atomic E-state index is 0.107. The van der Waals surface area contributed by atoms with Gasteiger partial charge in [-0.1, -0.05) is 19.9 Å². The summed E-state index contributed by atoms with van der Waals surface area (Å²) in [7, 11) is 0. The van der Waals surface area contributed by atoms with Crippen molar-refractivity contribution in [3.8, 4) is 5.69 Å². The molecule has 2 aromatic heterocycles. The van der Waals surface area contributed by atoms with Gasteiger partial charge < -0.3 is 5.32 Å². The number of aromatic amines is 1. The van der Waals surface area contributed by atoms with E-state index in [2.05, 4.69) is 20.6 Å².